The Morgan fingerprint density at radius 3 is 2.89 bits per heavy atom. The highest BCUT2D eigenvalue weighted by Gasteiger charge is 2.29. The monoisotopic (exact) mass is 266 g/mol. The van der Waals surface area contributed by atoms with Crippen molar-refractivity contribution in [3.8, 4) is 0 Å². The van der Waals surface area contributed by atoms with Gasteiger partial charge in [-0.05, 0) is 43.9 Å². The maximum Gasteiger partial charge on any atom is 0.250 e. The normalized spacial score (nSPS) is 22.1. The molecule has 1 aliphatic carbocycles. The lowest BCUT2D eigenvalue weighted by Gasteiger charge is -2.17. The first-order chi connectivity index (χ1) is 8.58. The van der Waals surface area contributed by atoms with Gasteiger partial charge < -0.3 is 0 Å². The fourth-order valence-electron chi connectivity index (χ4n) is 2.15. The number of halogens is 1. The van der Waals surface area contributed by atoms with Gasteiger partial charge >= 0.3 is 0 Å². The van der Waals surface area contributed by atoms with Gasteiger partial charge in [0.25, 0.3) is 6.04 Å². The van der Waals surface area contributed by atoms with E-state index in [1.54, 1.807) is 6.07 Å². The lowest BCUT2D eigenvalue weighted by Crippen LogP contribution is -2.32. The van der Waals surface area contributed by atoms with Gasteiger partial charge in [-0.2, -0.15) is 0 Å². The molecule has 1 aromatic carbocycles. The highest BCUT2D eigenvalue weighted by Crippen LogP contribution is 2.25. The van der Waals surface area contributed by atoms with Crippen LogP contribution in [-0.4, -0.2) is 16.7 Å². The lowest BCUT2D eigenvalue weighted by atomic mass is 9.93. The van der Waals surface area contributed by atoms with E-state index in [2.05, 4.69) is 4.99 Å². The second-order valence-electron chi connectivity index (χ2n) is 4.58. The van der Waals surface area contributed by atoms with E-state index < -0.39 is 6.04 Å². The minimum absolute atomic E-state index is 0.228. The number of nitrogens with zero attached hydrogens (tertiary/aromatic N) is 2. The fraction of sp³-hybridized carbons (Fsp3) is 0.462. The van der Waals surface area contributed by atoms with Gasteiger partial charge in [0.2, 0.25) is 0 Å². The Bertz CT molecular complexity index is 500. The summed E-state index contributed by atoms with van der Waals surface area (Å²) in [5.74, 6) is 0. The molecule has 0 radical (unpaired) electrons. The molecule has 0 amide bonds. The quantitative estimate of drug-likeness (QED) is 0.601. The average Bonchev–Trinajstić information content (AvgIpc) is 2.34. The standard InChI is InChI=1S/C13H15ClN2O2/c1-9-6-7-10(8-11(9)14)15-12-4-2-3-5-13(12)16(17)18/h6-8,13H,2-5H2,1H3/t13-/m0/s1. The van der Waals surface area contributed by atoms with Gasteiger partial charge in [-0.1, -0.05) is 17.7 Å². The van der Waals surface area contributed by atoms with Crippen molar-refractivity contribution >= 4 is 23.0 Å². The van der Waals surface area contributed by atoms with Gasteiger partial charge in [0.15, 0.2) is 0 Å². The molecule has 1 saturated carbocycles. The minimum atomic E-state index is -0.626. The van der Waals surface area contributed by atoms with Gasteiger partial charge in [-0.15, -0.1) is 0 Å². The van der Waals surface area contributed by atoms with Crippen LogP contribution >= 0.6 is 11.6 Å². The highest BCUT2D eigenvalue weighted by molar-refractivity contribution is 6.31. The van der Waals surface area contributed by atoms with Crippen molar-refractivity contribution in [2.75, 3.05) is 0 Å². The van der Waals surface area contributed by atoms with E-state index in [-0.39, 0.29) is 4.92 Å². The van der Waals surface area contributed by atoms with E-state index in [0.717, 1.165) is 18.4 Å². The molecule has 0 spiro atoms. The van der Waals surface area contributed by atoms with Crippen LogP contribution in [0.1, 0.15) is 31.2 Å². The maximum atomic E-state index is 11.0. The predicted octanol–water partition coefficient (Wildman–Crippen LogP) is 3.94. The van der Waals surface area contributed by atoms with Crippen LogP contribution in [0, 0.1) is 17.0 Å². The Balaban J connectivity index is 2.29. The molecule has 1 aromatic rings. The van der Waals surface area contributed by atoms with Gasteiger partial charge in [0.05, 0.1) is 11.4 Å². The van der Waals surface area contributed by atoms with Crippen LogP contribution in [0.3, 0.4) is 0 Å². The molecule has 1 atom stereocenters. The van der Waals surface area contributed by atoms with Gasteiger partial charge in [-0.25, -0.2) is 0 Å². The molecule has 1 fully saturated rings. The average molecular weight is 267 g/mol. The first-order valence-corrected chi connectivity index (χ1v) is 6.43. The van der Waals surface area contributed by atoms with Crippen LogP contribution in [0.25, 0.3) is 0 Å². The van der Waals surface area contributed by atoms with E-state index in [1.807, 2.05) is 19.1 Å². The number of rotatable bonds is 2. The molecule has 4 nitrogen and oxygen atoms in total. The van der Waals surface area contributed by atoms with Crippen LogP contribution in [-0.2, 0) is 0 Å². The molecule has 0 aromatic heterocycles. The van der Waals surface area contributed by atoms with Crippen LogP contribution in [0.2, 0.25) is 5.02 Å². The zero-order valence-corrected chi connectivity index (χ0v) is 11.0. The number of hydrogen-bond donors (Lipinski definition) is 0. The third kappa shape index (κ3) is 2.88. The Morgan fingerprint density at radius 1 is 1.44 bits per heavy atom. The fourth-order valence-corrected chi connectivity index (χ4v) is 2.33. The molecular formula is C13H15ClN2O2. The topological polar surface area (TPSA) is 55.5 Å². The summed E-state index contributed by atoms with van der Waals surface area (Å²) < 4.78 is 0. The summed E-state index contributed by atoms with van der Waals surface area (Å²) in [6, 6.07) is 4.86. The zero-order valence-electron chi connectivity index (χ0n) is 10.2. The van der Waals surface area contributed by atoms with Crippen LogP contribution in [0.15, 0.2) is 23.2 Å². The largest absolute Gasteiger partial charge is 0.264 e. The van der Waals surface area contributed by atoms with E-state index >= 15 is 0 Å². The molecular weight excluding hydrogens is 252 g/mol. The second kappa shape index (κ2) is 5.48. The summed E-state index contributed by atoms with van der Waals surface area (Å²) in [5, 5.41) is 11.6. The molecule has 0 aliphatic heterocycles. The van der Waals surface area contributed by atoms with Crippen LogP contribution < -0.4 is 0 Å². The van der Waals surface area contributed by atoms with Gasteiger partial charge in [0.1, 0.15) is 0 Å². The van der Waals surface area contributed by atoms with Crippen molar-refractivity contribution < 1.29 is 4.92 Å². The molecule has 18 heavy (non-hydrogen) atoms. The predicted molar refractivity (Wildman–Crippen MR) is 72.5 cm³/mol. The Hall–Kier alpha value is -1.42. The van der Waals surface area contributed by atoms with Crippen molar-refractivity contribution in [1.29, 1.82) is 0 Å². The summed E-state index contributed by atoms with van der Waals surface area (Å²) >= 11 is 6.03. The van der Waals surface area contributed by atoms with Crippen molar-refractivity contribution in [3.63, 3.8) is 0 Å². The van der Waals surface area contributed by atoms with E-state index in [0.29, 0.717) is 29.3 Å². The first kappa shape index (κ1) is 13.0. The van der Waals surface area contributed by atoms with Crippen LogP contribution in [0.5, 0.6) is 0 Å². The molecule has 0 bridgehead atoms. The molecule has 0 unspecified atom stereocenters. The molecule has 1 aliphatic rings. The van der Waals surface area contributed by atoms with E-state index in [1.165, 1.54) is 0 Å². The summed E-state index contributed by atoms with van der Waals surface area (Å²) in [7, 11) is 0. The van der Waals surface area contributed by atoms with Crippen LogP contribution in [0.4, 0.5) is 5.69 Å². The Kier molecular flexibility index (Phi) is 3.97. The second-order valence-corrected chi connectivity index (χ2v) is 4.99. The third-order valence-corrected chi connectivity index (χ3v) is 3.63. The summed E-state index contributed by atoms with van der Waals surface area (Å²) in [5.41, 5.74) is 2.36. The molecule has 0 heterocycles. The number of aryl methyl sites for hydroxylation is 1. The SMILES string of the molecule is Cc1ccc(N=C2CCCC[C@@H]2[N+](=O)[O-])cc1Cl. The minimum Gasteiger partial charge on any atom is -0.264 e. The van der Waals surface area contributed by atoms with E-state index in [4.69, 9.17) is 11.6 Å². The number of nitro groups is 1. The molecule has 5 heteroatoms. The number of aliphatic imine (C=N–C) groups is 1. The zero-order chi connectivity index (χ0) is 13.1. The Morgan fingerprint density at radius 2 is 2.22 bits per heavy atom. The number of benzene rings is 1. The highest BCUT2D eigenvalue weighted by atomic mass is 35.5. The van der Waals surface area contributed by atoms with E-state index in [9.17, 15) is 10.1 Å². The summed E-state index contributed by atoms with van der Waals surface area (Å²) in [4.78, 5) is 15.2. The Labute approximate surface area is 111 Å². The van der Waals surface area contributed by atoms with Gasteiger partial charge in [-0.3, -0.25) is 15.1 Å². The lowest BCUT2D eigenvalue weighted by molar-refractivity contribution is -0.504. The first-order valence-electron chi connectivity index (χ1n) is 6.05. The molecule has 96 valence electrons. The van der Waals surface area contributed by atoms with Crippen molar-refractivity contribution in [3.05, 3.63) is 38.9 Å². The van der Waals surface area contributed by atoms with Crippen molar-refractivity contribution in [2.24, 2.45) is 4.99 Å². The van der Waals surface area contributed by atoms with Crippen molar-refractivity contribution in [1.82, 2.24) is 0 Å². The molecule has 2 rings (SSSR count). The number of hydrogen-bond acceptors (Lipinski definition) is 3. The summed E-state index contributed by atoms with van der Waals surface area (Å²) in [6.07, 6.45) is 3.17. The summed E-state index contributed by atoms with van der Waals surface area (Å²) in [6.45, 7) is 1.92. The molecule has 0 N–H and O–H groups in total. The smallest absolute Gasteiger partial charge is 0.250 e. The third-order valence-electron chi connectivity index (χ3n) is 3.23. The maximum absolute atomic E-state index is 11.0. The molecule has 0 saturated heterocycles. The van der Waals surface area contributed by atoms with Gasteiger partial charge in [0, 0.05) is 16.4 Å². The van der Waals surface area contributed by atoms with Crippen molar-refractivity contribution in [2.45, 2.75) is 38.6 Å².